The van der Waals surface area contributed by atoms with Gasteiger partial charge in [-0.1, -0.05) is 6.07 Å². The van der Waals surface area contributed by atoms with Gasteiger partial charge < -0.3 is 4.74 Å². The number of esters is 1. The monoisotopic (exact) mass is 268 g/mol. The Hall–Kier alpha value is -2.44. The average molecular weight is 268 g/mol. The van der Waals surface area contributed by atoms with E-state index in [9.17, 15) is 18.4 Å². The lowest BCUT2D eigenvalue weighted by molar-refractivity contribution is 0.0519. The average Bonchev–Trinajstić information content (AvgIpc) is 2.75. The molecule has 0 unspecified atom stereocenters. The zero-order chi connectivity index (χ0) is 14.0. The van der Waals surface area contributed by atoms with Gasteiger partial charge in [-0.25, -0.2) is 18.3 Å². The van der Waals surface area contributed by atoms with Gasteiger partial charge in [-0.05, 0) is 19.1 Å². The molecule has 0 radical (unpaired) electrons. The molecule has 2 rings (SSSR count). The summed E-state index contributed by atoms with van der Waals surface area (Å²) in [6.07, 6.45) is 0. The smallest absolute Gasteiger partial charge is 0.356 e. The zero-order valence-corrected chi connectivity index (χ0v) is 9.94. The van der Waals surface area contributed by atoms with Gasteiger partial charge in [0.2, 0.25) is 0 Å². The number of rotatable bonds is 3. The first-order valence-corrected chi connectivity index (χ1v) is 5.48. The van der Waals surface area contributed by atoms with Crippen LogP contribution < -0.4 is 5.56 Å². The van der Waals surface area contributed by atoms with E-state index in [0.717, 1.165) is 16.8 Å². The summed E-state index contributed by atoms with van der Waals surface area (Å²) in [6.45, 7) is 1.75. The minimum Gasteiger partial charge on any atom is -0.461 e. The Bertz CT molecular complexity index is 676. The zero-order valence-electron chi connectivity index (χ0n) is 9.94. The van der Waals surface area contributed by atoms with Crippen LogP contribution in [0.3, 0.4) is 0 Å². The van der Waals surface area contributed by atoms with Crippen LogP contribution in [0.15, 0.2) is 29.1 Å². The Balaban J connectivity index is 2.49. The number of ether oxygens (including phenoxy) is 1. The standard InChI is InChI=1S/C12H10F2N2O3/c1-2-19-12(18)8-6-10(17)16(15-8)9-5-3-4-7(13)11(9)14/h3-6,15H,2H2,1H3. The molecule has 0 atom stereocenters. The fourth-order valence-electron chi connectivity index (χ4n) is 1.55. The van der Waals surface area contributed by atoms with Crippen LogP contribution in [0.5, 0.6) is 0 Å². The molecule has 2 aromatic rings. The van der Waals surface area contributed by atoms with Gasteiger partial charge in [-0.2, -0.15) is 0 Å². The number of benzene rings is 1. The molecule has 0 bridgehead atoms. The predicted octanol–water partition coefficient (Wildman–Crippen LogP) is 1.62. The third-order valence-electron chi connectivity index (χ3n) is 2.39. The molecule has 100 valence electrons. The van der Waals surface area contributed by atoms with Crippen LogP contribution in [-0.4, -0.2) is 22.4 Å². The Kier molecular flexibility index (Phi) is 3.46. The number of halogens is 2. The minimum absolute atomic E-state index is 0.129. The fourth-order valence-corrected chi connectivity index (χ4v) is 1.55. The Morgan fingerprint density at radius 1 is 1.42 bits per heavy atom. The highest BCUT2D eigenvalue weighted by molar-refractivity contribution is 5.87. The number of nitrogens with one attached hydrogen (secondary N) is 1. The third-order valence-corrected chi connectivity index (χ3v) is 2.39. The van der Waals surface area contributed by atoms with E-state index in [4.69, 9.17) is 4.74 Å². The van der Waals surface area contributed by atoms with Crippen molar-refractivity contribution >= 4 is 5.97 Å². The first-order valence-electron chi connectivity index (χ1n) is 5.48. The summed E-state index contributed by atoms with van der Waals surface area (Å²) in [7, 11) is 0. The number of H-pyrrole nitrogens is 1. The van der Waals surface area contributed by atoms with Gasteiger partial charge in [-0.15, -0.1) is 0 Å². The molecule has 1 aromatic carbocycles. The van der Waals surface area contributed by atoms with Crippen molar-refractivity contribution in [1.29, 1.82) is 0 Å². The summed E-state index contributed by atoms with van der Waals surface area (Å²) in [5.74, 6) is -3.01. The van der Waals surface area contributed by atoms with Gasteiger partial charge in [0.25, 0.3) is 5.56 Å². The molecule has 0 saturated heterocycles. The predicted molar refractivity (Wildman–Crippen MR) is 62.3 cm³/mol. The fraction of sp³-hybridized carbons (Fsp3) is 0.167. The van der Waals surface area contributed by atoms with Crippen molar-refractivity contribution in [3.8, 4) is 5.69 Å². The van der Waals surface area contributed by atoms with Crippen molar-refractivity contribution in [3.63, 3.8) is 0 Å². The summed E-state index contributed by atoms with van der Waals surface area (Å²) in [5.41, 5.74) is -1.12. The van der Waals surface area contributed by atoms with Crippen molar-refractivity contribution in [1.82, 2.24) is 9.78 Å². The molecule has 1 heterocycles. The largest absolute Gasteiger partial charge is 0.461 e. The van der Waals surface area contributed by atoms with E-state index in [1.54, 1.807) is 6.92 Å². The summed E-state index contributed by atoms with van der Waals surface area (Å²) in [6, 6.07) is 4.36. The number of hydrogen-bond acceptors (Lipinski definition) is 3. The molecular weight excluding hydrogens is 258 g/mol. The van der Waals surface area contributed by atoms with Gasteiger partial charge in [0.1, 0.15) is 11.4 Å². The van der Waals surface area contributed by atoms with Crippen LogP contribution in [0.25, 0.3) is 5.69 Å². The van der Waals surface area contributed by atoms with Crippen molar-refractivity contribution in [2.24, 2.45) is 0 Å². The molecular formula is C12H10F2N2O3. The van der Waals surface area contributed by atoms with Crippen LogP contribution in [0.1, 0.15) is 17.4 Å². The maximum Gasteiger partial charge on any atom is 0.356 e. The summed E-state index contributed by atoms with van der Waals surface area (Å²) < 4.78 is 32.1. The van der Waals surface area contributed by atoms with E-state index in [-0.39, 0.29) is 18.0 Å². The lowest BCUT2D eigenvalue weighted by atomic mass is 10.3. The normalized spacial score (nSPS) is 10.5. The maximum atomic E-state index is 13.6. The summed E-state index contributed by atoms with van der Waals surface area (Å²) >= 11 is 0. The molecule has 5 nitrogen and oxygen atoms in total. The number of hydrogen-bond donors (Lipinski definition) is 1. The van der Waals surface area contributed by atoms with Crippen molar-refractivity contribution < 1.29 is 18.3 Å². The van der Waals surface area contributed by atoms with Crippen LogP contribution in [-0.2, 0) is 4.74 Å². The van der Waals surface area contributed by atoms with Gasteiger partial charge >= 0.3 is 5.97 Å². The van der Waals surface area contributed by atoms with Gasteiger partial charge in [0.05, 0.1) is 6.61 Å². The molecule has 0 saturated carbocycles. The highest BCUT2D eigenvalue weighted by Crippen LogP contribution is 2.14. The molecule has 0 aliphatic rings. The molecule has 0 aliphatic carbocycles. The molecule has 1 N–H and O–H groups in total. The topological polar surface area (TPSA) is 64.1 Å². The first-order chi connectivity index (χ1) is 9.04. The highest BCUT2D eigenvalue weighted by atomic mass is 19.2. The van der Waals surface area contributed by atoms with E-state index in [1.165, 1.54) is 12.1 Å². The molecule has 0 fully saturated rings. The van der Waals surface area contributed by atoms with Crippen molar-refractivity contribution in [2.45, 2.75) is 6.92 Å². The molecule has 0 aliphatic heterocycles. The molecule has 1 aromatic heterocycles. The SMILES string of the molecule is CCOC(=O)c1cc(=O)n(-c2cccc(F)c2F)[nH]1. The van der Waals surface area contributed by atoms with Gasteiger partial charge in [0, 0.05) is 6.07 Å². The molecule has 0 amide bonds. The molecule has 19 heavy (non-hydrogen) atoms. The second kappa shape index (κ2) is 5.05. The van der Waals surface area contributed by atoms with E-state index in [2.05, 4.69) is 5.10 Å². The van der Waals surface area contributed by atoms with Gasteiger partial charge in [-0.3, -0.25) is 9.89 Å². The Labute approximate surface area is 106 Å². The Morgan fingerprint density at radius 2 is 2.16 bits per heavy atom. The lowest BCUT2D eigenvalue weighted by Gasteiger charge is -2.04. The van der Waals surface area contributed by atoms with Crippen molar-refractivity contribution in [3.05, 3.63) is 51.9 Å². The maximum absolute atomic E-state index is 13.6. The van der Waals surface area contributed by atoms with E-state index < -0.39 is 23.2 Å². The van der Waals surface area contributed by atoms with Crippen LogP contribution in [0.2, 0.25) is 0 Å². The number of carbonyl (C=O) groups excluding carboxylic acids is 1. The number of nitrogens with zero attached hydrogens (tertiary/aromatic N) is 1. The lowest BCUT2D eigenvalue weighted by Crippen LogP contribution is -2.15. The van der Waals surface area contributed by atoms with Crippen LogP contribution >= 0.6 is 0 Å². The third kappa shape index (κ3) is 2.40. The summed E-state index contributed by atoms with van der Waals surface area (Å²) in [5, 5.41) is 2.37. The number of aromatic nitrogens is 2. The van der Waals surface area contributed by atoms with Gasteiger partial charge in [0.15, 0.2) is 11.6 Å². The van der Waals surface area contributed by atoms with E-state index in [1.807, 2.05) is 0 Å². The van der Waals surface area contributed by atoms with Crippen molar-refractivity contribution in [2.75, 3.05) is 6.61 Å². The van der Waals surface area contributed by atoms with Crippen LogP contribution in [0, 0.1) is 11.6 Å². The minimum atomic E-state index is -1.18. The summed E-state index contributed by atoms with van der Waals surface area (Å²) in [4.78, 5) is 23.1. The van der Waals surface area contributed by atoms with E-state index in [0.29, 0.717) is 0 Å². The molecule has 0 spiro atoms. The number of aromatic amines is 1. The first kappa shape index (κ1) is 13.0. The second-order valence-electron chi connectivity index (χ2n) is 3.64. The highest BCUT2D eigenvalue weighted by Gasteiger charge is 2.16. The second-order valence-corrected chi connectivity index (χ2v) is 3.64. The molecule has 7 heteroatoms. The quantitative estimate of drug-likeness (QED) is 0.860. The van der Waals surface area contributed by atoms with E-state index >= 15 is 0 Å². The van der Waals surface area contributed by atoms with Crippen LogP contribution in [0.4, 0.5) is 8.78 Å². The Morgan fingerprint density at radius 3 is 2.84 bits per heavy atom. The number of carbonyl (C=O) groups is 1.